The van der Waals surface area contributed by atoms with Crippen molar-refractivity contribution in [3.8, 4) is 5.75 Å². The first-order valence-corrected chi connectivity index (χ1v) is 11.7. The fourth-order valence-electron chi connectivity index (χ4n) is 4.37. The Labute approximate surface area is 196 Å². The lowest BCUT2D eigenvalue weighted by Gasteiger charge is -2.35. The second-order valence-electron chi connectivity index (χ2n) is 9.49. The number of aliphatic hydroxyl groups excluding tert-OH is 1. The zero-order valence-electron chi connectivity index (χ0n) is 19.9. The number of ether oxygens (including phenoxy) is 1. The van der Waals surface area contributed by atoms with Gasteiger partial charge in [0.25, 0.3) is 0 Å². The number of aryl methyl sites for hydroxylation is 1. The highest BCUT2D eigenvalue weighted by atomic mass is 16.5. The second kappa shape index (κ2) is 10.5. The molecule has 1 aromatic heterocycles. The van der Waals surface area contributed by atoms with Crippen molar-refractivity contribution in [2.45, 2.75) is 38.8 Å². The first kappa shape index (κ1) is 23.5. The van der Waals surface area contributed by atoms with Gasteiger partial charge in [0.15, 0.2) is 5.76 Å². The van der Waals surface area contributed by atoms with Crippen LogP contribution < -0.4 is 4.74 Å². The van der Waals surface area contributed by atoms with E-state index in [2.05, 4.69) is 65.2 Å². The number of piperazine rings is 1. The molecule has 0 radical (unpaired) electrons. The normalized spacial score (nSPS) is 16.6. The van der Waals surface area contributed by atoms with E-state index in [1.807, 2.05) is 31.2 Å². The van der Waals surface area contributed by atoms with Gasteiger partial charge in [-0.2, -0.15) is 0 Å². The molecular weight excluding hydrogens is 414 g/mol. The summed E-state index contributed by atoms with van der Waals surface area (Å²) in [6.07, 6.45) is -0.520. The molecule has 0 aliphatic carbocycles. The van der Waals surface area contributed by atoms with E-state index in [1.165, 1.54) is 11.1 Å². The maximum Gasteiger partial charge on any atom is 0.150 e. The van der Waals surface area contributed by atoms with Gasteiger partial charge in [0.1, 0.15) is 18.5 Å². The number of hydrogen-bond donors (Lipinski definition) is 1. The Bertz CT molecular complexity index is 993. The molecule has 2 heterocycles. The number of β-amino-alcohol motifs (C(OH)–C–C–N with tert-alkyl or cyclic N) is 1. The van der Waals surface area contributed by atoms with Crippen molar-refractivity contribution in [2.75, 3.05) is 39.3 Å². The van der Waals surface area contributed by atoms with Crippen LogP contribution in [0.2, 0.25) is 0 Å². The van der Waals surface area contributed by atoms with Crippen molar-refractivity contribution >= 4 is 0 Å². The molecular formula is C27H35N3O3. The smallest absolute Gasteiger partial charge is 0.150 e. The summed E-state index contributed by atoms with van der Waals surface area (Å²) in [7, 11) is 0. The number of hydrogen-bond acceptors (Lipinski definition) is 6. The van der Waals surface area contributed by atoms with Gasteiger partial charge in [0.2, 0.25) is 0 Å². The van der Waals surface area contributed by atoms with E-state index in [-0.39, 0.29) is 5.41 Å². The van der Waals surface area contributed by atoms with Crippen LogP contribution in [0.1, 0.15) is 36.4 Å². The van der Waals surface area contributed by atoms with Crippen molar-refractivity contribution in [2.24, 2.45) is 0 Å². The maximum atomic E-state index is 10.5. The minimum Gasteiger partial charge on any atom is -0.491 e. The van der Waals surface area contributed by atoms with Crippen LogP contribution in [-0.2, 0) is 12.0 Å². The predicted molar refractivity (Wildman–Crippen MR) is 129 cm³/mol. The summed E-state index contributed by atoms with van der Waals surface area (Å²) in [6, 6.07) is 20.7. The Balaban J connectivity index is 1.20. The van der Waals surface area contributed by atoms with Crippen LogP contribution >= 0.6 is 0 Å². The first-order valence-electron chi connectivity index (χ1n) is 11.7. The van der Waals surface area contributed by atoms with Crippen LogP contribution in [0.3, 0.4) is 0 Å². The Kier molecular flexibility index (Phi) is 7.48. The molecule has 0 bridgehead atoms. The van der Waals surface area contributed by atoms with E-state index in [4.69, 9.17) is 9.26 Å². The highest BCUT2D eigenvalue weighted by molar-refractivity contribution is 5.39. The standard InChI is InChI=1S/C27H35N3O3/c1-21-17-26(33-28-21)19-30-15-13-29(14-16-30)18-24(31)20-32-25-11-9-23(10-12-25)27(2,3)22-7-5-4-6-8-22/h4-12,17,24,31H,13-16,18-20H2,1-3H3. The average molecular weight is 450 g/mol. The molecule has 6 heteroatoms. The first-order chi connectivity index (χ1) is 15.9. The Morgan fingerprint density at radius 3 is 2.24 bits per heavy atom. The molecule has 0 saturated carbocycles. The van der Waals surface area contributed by atoms with Gasteiger partial charge in [-0.3, -0.25) is 9.80 Å². The van der Waals surface area contributed by atoms with Crippen LogP contribution in [0.5, 0.6) is 5.75 Å². The molecule has 1 atom stereocenters. The fraction of sp³-hybridized carbons (Fsp3) is 0.444. The molecule has 6 nitrogen and oxygen atoms in total. The quantitative estimate of drug-likeness (QED) is 0.535. The van der Waals surface area contributed by atoms with Crippen molar-refractivity contribution in [1.82, 2.24) is 15.0 Å². The third kappa shape index (κ3) is 6.22. The summed E-state index contributed by atoms with van der Waals surface area (Å²) in [6.45, 7) is 11.8. The van der Waals surface area contributed by atoms with Gasteiger partial charge in [0, 0.05) is 44.2 Å². The van der Waals surface area contributed by atoms with Crippen molar-refractivity contribution in [1.29, 1.82) is 0 Å². The van der Waals surface area contributed by atoms with Crippen LogP contribution in [0.25, 0.3) is 0 Å². The summed E-state index contributed by atoms with van der Waals surface area (Å²) in [5, 5.41) is 14.4. The van der Waals surface area contributed by atoms with E-state index < -0.39 is 6.10 Å². The number of aliphatic hydroxyl groups is 1. The predicted octanol–water partition coefficient (Wildman–Crippen LogP) is 3.87. The minimum atomic E-state index is -0.520. The molecule has 1 N–H and O–H groups in total. The van der Waals surface area contributed by atoms with Crippen molar-refractivity contribution in [3.63, 3.8) is 0 Å². The van der Waals surface area contributed by atoms with E-state index >= 15 is 0 Å². The molecule has 33 heavy (non-hydrogen) atoms. The Morgan fingerprint density at radius 1 is 0.970 bits per heavy atom. The van der Waals surface area contributed by atoms with Gasteiger partial charge in [-0.05, 0) is 30.2 Å². The van der Waals surface area contributed by atoms with Gasteiger partial charge in [-0.25, -0.2) is 0 Å². The van der Waals surface area contributed by atoms with Crippen LogP contribution in [-0.4, -0.2) is 65.5 Å². The highest BCUT2D eigenvalue weighted by Crippen LogP contribution is 2.32. The number of rotatable bonds is 9. The second-order valence-corrected chi connectivity index (χ2v) is 9.49. The summed E-state index contributed by atoms with van der Waals surface area (Å²) in [5.41, 5.74) is 3.36. The van der Waals surface area contributed by atoms with E-state index in [9.17, 15) is 5.11 Å². The van der Waals surface area contributed by atoms with Crippen molar-refractivity contribution < 1.29 is 14.4 Å². The molecule has 3 aromatic rings. The lowest BCUT2D eigenvalue weighted by Crippen LogP contribution is -2.48. The summed E-state index contributed by atoms with van der Waals surface area (Å²) in [5.74, 6) is 1.70. The third-order valence-electron chi connectivity index (χ3n) is 6.50. The Morgan fingerprint density at radius 2 is 1.61 bits per heavy atom. The summed E-state index contributed by atoms with van der Waals surface area (Å²) < 4.78 is 11.2. The lowest BCUT2D eigenvalue weighted by atomic mass is 9.78. The van der Waals surface area contributed by atoms with Gasteiger partial charge in [0.05, 0.1) is 12.2 Å². The molecule has 1 unspecified atom stereocenters. The zero-order chi connectivity index (χ0) is 23.3. The largest absolute Gasteiger partial charge is 0.491 e. The van der Waals surface area contributed by atoms with Crippen molar-refractivity contribution in [3.05, 3.63) is 83.2 Å². The van der Waals surface area contributed by atoms with E-state index in [1.54, 1.807) is 0 Å². The van der Waals surface area contributed by atoms with E-state index in [0.29, 0.717) is 13.2 Å². The topological polar surface area (TPSA) is 62.0 Å². The molecule has 1 fully saturated rings. The van der Waals surface area contributed by atoms with Gasteiger partial charge in [-0.1, -0.05) is 61.5 Å². The number of nitrogens with zero attached hydrogens (tertiary/aromatic N) is 3. The summed E-state index contributed by atoms with van der Waals surface area (Å²) >= 11 is 0. The SMILES string of the molecule is Cc1cc(CN2CCN(CC(O)COc3ccc(C(C)(C)c4ccccc4)cc3)CC2)on1. The molecule has 1 aliphatic rings. The average Bonchev–Trinajstić information content (AvgIpc) is 3.24. The molecule has 0 amide bonds. The number of aromatic nitrogens is 1. The maximum absolute atomic E-state index is 10.5. The van der Waals surface area contributed by atoms with Gasteiger partial charge >= 0.3 is 0 Å². The molecule has 176 valence electrons. The van der Waals surface area contributed by atoms with Crippen LogP contribution in [0, 0.1) is 6.92 Å². The highest BCUT2D eigenvalue weighted by Gasteiger charge is 2.23. The molecule has 0 spiro atoms. The molecule has 1 saturated heterocycles. The minimum absolute atomic E-state index is 0.0757. The molecule has 1 aliphatic heterocycles. The monoisotopic (exact) mass is 449 g/mol. The zero-order valence-corrected chi connectivity index (χ0v) is 19.9. The van der Waals surface area contributed by atoms with Crippen LogP contribution in [0.15, 0.2) is 65.2 Å². The van der Waals surface area contributed by atoms with Crippen LogP contribution in [0.4, 0.5) is 0 Å². The molecule has 4 rings (SSSR count). The van der Waals surface area contributed by atoms with Gasteiger partial charge < -0.3 is 14.4 Å². The third-order valence-corrected chi connectivity index (χ3v) is 6.50. The number of benzene rings is 2. The lowest BCUT2D eigenvalue weighted by molar-refractivity contribution is 0.0430. The summed E-state index contributed by atoms with van der Waals surface area (Å²) in [4.78, 5) is 4.65. The van der Waals surface area contributed by atoms with Gasteiger partial charge in [-0.15, -0.1) is 0 Å². The fourth-order valence-corrected chi connectivity index (χ4v) is 4.37. The van der Waals surface area contributed by atoms with E-state index in [0.717, 1.165) is 49.9 Å². The molecule has 2 aromatic carbocycles. The Hall–Kier alpha value is -2.67.